The second kappa shape index (κ2) is 10.8. The fraction of sp³-hybridized carbons (Fsp3) is 0.542. The highest BCUT2D eigenvalue weighted by Crippen LogP contribution is 2.31. The summed E-state index contributed by atoms with van der Waals surface area (Å²) in [4.78, 5) is 44.4. The molecule has 2 saturated heterocycles. The summed E-state index contributed by atoms with van der Waals surface area (Å²) < 4.78 is 13.2. The number of hydrogen-bond acceptors (Lipinski definition) is 5. The van der Waals surface area contributed by atoms with E-state index in [1.807, 2.05) is 23.6 Å². The molecule has 184 valence electrons. The molecule has 0 aliphatic carbocycles. The van der Waals surface area contributed by atoms with Gasteiger partial charge in [-0.15, -0.1) is 11.8 Å². The molecule has 0 bridgehead atoms. The molecule has 0 radical (unpaired) electrons. The molecular weight excluding hydrogens is 457 g/mol. The Hall–Kier alpha value is -2.59. The number of allylic oxidation sites excluding steroid dienone is 1. The van der Waals surface area contributed by atoms with Gasteiger partial charge in [-0.2, -0.15) is 0 Å². The lowest BCUT2D eigenvalue weighted by molar-refractivity contribution is -0.187. The highest BCUT2D eigenvalue weighted by molar-refractivity contribution is 8.03. The minimum atomic E-state index is -0.570. The zero-order valence-electron chi connectivity index (χ0n) is 19.7. The predicted molar refractivity (Wildman–Crippen MR) is 129 cm³/mol. The molecular formula is C24H32FN5O3S. The number of piperazine rings is 1. The third-order valence-corrected chi connectivity index (χ3v) is 7.65. The molecule has 1 aromatic rings. The van der Waals surface area contributed by atoms with Crippen LogP contribution in [-0.4, -0.2) is 82.3 Å². The summed E-state index contributed by atoms with van der Waals surface area (Å²) in [5, 5.41) is 6.06. The zero-order chi connectivity index (χ0) is 24.2. The van der Waals surface area contributed by atoms with E-state index in [2.05, 4.69) is 11.4 Å². The quantitative estimate of drug-likeness (QED) is 0.638. The molecule has 0 unspecified atom stereocenters. The average Bonchev–Trinajstić information content (AvgIpc) is 3.33. The highest BCUT2D eigenvalue weighted by Gasteiger charge is 2.50. The number of fused-ring (bicyclic) bond motifs is 1. The van der Waals surface area contributed by atoms with Gasteiger partial charge in [-0.05, 0) is 41.9 Å². The number of amides is 4. The van der Waals surface area contributed by atoms with Gasteiger partial charge in [0.1, 0.15) is 18.0 Å². The van der Waals surface area contributed by atoms with Crippen molar-refractivity contribution in [3.05, 3.63) is 46.6 Å². The maximum Gasteiger partial charge on any atom is 0.334 e. The van der Waals surface area contributed by atoms with E-state index in [9.17, 15) is 18.8 Å². The van der Waals surface area contributed by atoms with Crippen LogP contribution in [0.1, 0.15) is 38.2 Å². The number of likely N-dealkylation sites (N-methyl/N-ethyl adjacent to an activating group) is 1. The number of carbonyl (C=O) groups excluding carboxylic acids is 3. The molecule has 10 heteroatoms. The molecule has 2 fully saturated rings. The number of urea groups is 1. The first kappa shape index (κ1) is 24.5. The molecule has 3 aliphatic rings. The molecule has 1 aromatic carbocycles. The standard InChI is InChI=1S/C24H32FN5O3S/c1-3-5-20-23(32)28(12-11-19-6-4-13-34-19)15-21-29(20)22(31)16-27(2)30(21)24(33)26-14-17-7-9-18(25)10-8-17/h6-10,20-21H,3-5,11-16H2,1-2H3,(H,26,33)/t20-,21-/m0/s1. The first-order chi connectivity index (χ1) is 16.4. The number of benzene rings is 1. The fourth-order valence-electron chi connectivity index (χ4n) is 4.81. The first-order valence-corrected chi connectivity index (χ1v) is 12.8. The molecule has 1 N–H and O–H groups in total. The minimum Gasteiger partial charge on any atom is -0.337 e. The third kappa shape index (κ3) is 5.22. The summed E-state index contributed by atoms with van der Waals surface area (Å²) in [7, 11) is 1.71. The molecule has 2 atom stereocenters. The van der Waals surface area contributed by atoms with Gasteiger partial charge in [-0.3, -0.25) is 9.59 Å². The lowest BCUT2D eigenvalue weighted by atomic mass is 10.0. The second-order valence-corrected chi connectivity index (χ2v) is 10.1. The fourth-order valence-corrected chi connectivity index (χ4v) is 5.78. The van der Waals surface area contributed by atoms with E-state index in [1.54, 1.807) is 34.1 Å². The van der Waals surface area contributed by atoms with Crippen LogP contribution in [0.2, 0.25) is 0 Å². The van der Waals surface area contributed by atoms with Crippen LogP contribution in [-0.2, 0) is 16.1 Å². The summed E-state index contributed by atoms with van der Waals surface area (Å²) >= 11 is 1.83. The van der Waals surface area contributed by atoms with Crippen molar-refractivity contribution in [3.63, 3.8) is 0 Å². The lowest BCUT2D eigenvalue weighted by Gasteiger charge is -2.54. The van der Waals surface area contributed by atoms with E-state index in [1.165, 1.54) is 17.0 Å². The first-order valence-electron chi connectivity index (χ1n) is 11.8. The Morgan fingerprint density at radius 1 is 1.24 bits per heavy atom. The van der Waals surface area contributed by atoms with Gasteiger partial charge in [0.25, 0.3) is 0 Å². The van der Waals surface area contributed by atoms with Crippen molar-refractivity contribution in [2.75, 3.05) is 32.4 Å². The highest BCUT2D eigenvalue weighted by atomic mass is 32.2. The Morgan fingerprint density at radius 2 is 2.00 bits per heavy atom. The number of thioether (sulfide) groups is 1. The largest absolute Gasteiger partial charge is 0.337 e. The Balaban J connectivity index is 1.52. The van der Waals surface area contributed by atoms with Gasteiger partial charge in [0.15, 0.2) is 0 Å². The van der Waals surface area contributed by atoms with Gasteiger partial charge in [0.05, 0.1) is 13.1 Å². The predicted octanol–water partition coefficient (Wildman–Crippen LogP) is 2.77. The van der Waals surface area contributed by atoms with Crippen LogP contribution < -0.4 is 5.32 Å². The Kier molecular flexibility index (Phi) is 7.77. The SMILES string of the molecule is CCC[C@H]1C(=O)N(CCC2=CCCS2)C[C@H]2N1C(=O)CN(C)N2C(=O)NCc1ccc(F)cc1. The van der Waals surface area contributed by atoms with E-state index in [-0.39, 0.29) is 43.3 Å². The van der Waals surface area contributed by atoms with E-state index < -0.39 is 12.2 Å². The van der Waals surface area contributed by atoms with Gasteiger partial charge in [-0.25, -0.2) is 19.2 Å². The van der Waals surface area contributed by atoms with E-state index in [0.29, 0.717) is 13.0 Å². The molecule has 3 aliphatic heterocycles. The molecule has 8 nitrogen and oxygen atoms in total. The monoisotopic (exact) mass is 489 g/mol. The average molecular weight is 490 g/mol. The van der Waals surface area contributed by atoms with Crippen molar-refractivity contribution in [1.82, 2.24) is 25.1 Å². The number of hydrazine groups is 1. The molecule has 34 heavy (non-hydrogen) atoms. The topological polar surface area (TPSA) is 76.2 Å². The van der Waals surface area contributed by atoms with E-state index in [4.69, 9.17) is 0 Å². The molecule has 4 rings (SSSR count). The Morgan fingerprint density at radius 3 is 2.68 bits per heavy atom. The number of hydrogen-bond donors (Lipinski definition) is 1. The summed E-state index contributed by atoms with van der Waals surface area (Å²) in [5.74, 6) is 0.571. The van der Waals surface area contributed by atoms with Gasteiger partial charge >= 0.3 is 6.03 Å². The van der Waals surface area contributed by atoms with Crippen LogP contribution >= 0.6 is 11.8 Å². The normalized spacial score (nSPS) is 23.3. The van der Waals surface area contributed by atoms with Crippen LogP contribution in [0.15, 0.2) is 35.2 Å². The maximum atomic E-state index is 13.4. The van der Waals surface area contributed by atoms with Crippen molar-refractivity contribution in [1.29, 1.82) is 0 Å². The van der Waals surface area contributed by atoms with Crippen molar-refractivity contribution in [2.24, 2.45) is 0 Å². The number of halogens is 1. The van der Waals surface area contributed by atoms with Gasteiger partial charge in [0, 0.05) is 25.9 Å². The number of rotatable bonds is 7. The number of nitrogens with zero attached hydrogens (tertiary/aromatic N) is 4. The minimum absolute atomic E-state index is 0.0253. The maximum absolute atomic E-state index is 13.4. The zero-order valence-corrected chi connectivity index (χ0v) is 20.5. The Bertz CT molecular complexity index is 956. The third-order valence-electron chi connectivity index (χ3n) is 6.47. The van der Waals surface area contributed by atoms with Crippen LogP contribution in [0.25, 0.3) is 0 Å². The van der Waals surface area contributed by atoms with Crippen LogP contribution in [0, 0.1) is 5.82 Å². The Labute approximate surface area is 204 Å². The van der Waals surface area contributed by atoms with Gasteiger partial charge < -0.3 is 15.1 Å². The summed E-state index contributed by atoms with van der Waals surface area (Å²) in [6, 6.07) is 5.04. The van der Waals surface area contributed by atoms with E-state index in [0.717, 1.165) is 30.6 Å². The summed E-state index contributed by atoms with van der Waals surface area (Å²) in [5.41, 5.74) is 0.772. The van der Waals surface area contributed by atoms with Crippen molar-refractivity contribution in [2.45, 2.75) is 51.4 Å². The summed E-state index contributed by atoms with van der Waals surface area (Å²) in [6.45, 7) is 3.10. The lowest BCUT2D eigenvalue weighted by Crippen LogP contribution is -2.75. The second-order valence-electron chi connectivity index (χ2n) is 8.87. The van der Waals surface area contributed by atoms with Crippen LogP contribution in [0.3, 0.4) is 0 Å². The summed E-state index contributed by atoms with van der Waals surface area (Å²) in [6.07, 6.45) is 4.83. The molecule has 0 saturated carbocycles. The van der Waals surface area contributed by atoms with Crippen LogP contribution in [0.4, 0.5) is 9.18 Å². The smallest absolute Gasteiger partial charge is 0.334 e. The molecule has 4 amide bonds. The van der Waals surface area contributed by atoms with Crippen molar-refractivity contribution in [3.8, 4) is 0 Å². The molecule has 3 heterocycles. The van der Waals surface area contributed by atoms with Gasteiger partial charge in [-0.1, -0.05) is 31.6 Å². The van der Waals surface area contributed by atoms with Gasteiger partial charge in [0.2, 0.25) is 11.8 Å². The molecule has 0 aromatic heterocycles. The van der Waals surface area contributed by atoms with Crippen molar-refractivity contribution < 1.29 is 18.8 Å². The number of carbonyl (C=O) groups is 3. The van der Waals surface area contributed by atoms with Crippen molar-refractivity contribution >= 4 is 29.6 Å². The molecule has 0 spiro atoms. The van der Waals surface area contributed by atoms with E-state index >= 15 is 0 Å². The number of nitrogens with one attached hydrogen (secondary N) is 1. The van der Waals surface area contributed by atoms with Crippen LogP contribution in [0.5, 0.6) is 0 Å².